The fourth-order valence-corrected chi connectivity index (χ4v) is 3.94. The first kappa shape index (κ1) is 17.8. The summed E-state index contributed by atoms with van der Waals surface area (Å²) in [6, 6.07) is 4.49. The summed E-state index contributed by atoms with van der Waals surface area (Å²) < 4.78 is 15.7. The summed E-state index contributed by atoms with van der Waals surface area (Å²) >= 11 is 0. The van der Waals surface area contributed by atoms with Crippen LogP contribution in [0.15, 0.2) is 18.2 Å². The summed E-state index contributed by atoms with van der Waals surface area (Å²) in [7, 11) is 0. The monoisotopic (exact) mass is 374 g/mol. The average molecular weight is 374 g/mol. The van der Waals surface area contributed by atoms with Crippen LogP contribution in [0.4, 0.5) is 5.69 Å². The molecule has 4 rings (SSSR count). The molecule has 0 radical (unpaired) electrons. The standard InChI is InChI=1S/C19H22N2O6/c1-2-25-19(24)12-4-3-7-20(10-12)14-9-17(22)21(18(14)23)13-5-6-15-16(8-13)27-11-26-15/h5-6,8,12,14H,2-4,7,9-11H2,1H3/t12-,14+/m1/s1. The Kier molecular flexibility index (Phi) is 4.73. The highest BCUT2D eigenvalue weighted by molar-refractivity contribution is 6.22. The Bertz CT molecular complexity index is 779. The van der Waals surface area contributed by atoms with Crippen molar-refractivity contribution in [3.05, 3.63) is 18.2 Å². The number of fused-ring (bicyclic) bond motifs is 1. The number of ether oxygens (including phenoxy) is 3. The van der Waals surface area contributed by atoms with E-state index in [1.807, 2.05) is 4.90 Å². The third kappa shape index (κ3) is 3.25. The predicted molar refractivity (Wildman–Crippen MR) is 94.4 cm³/mol. The molecule has 3 aliphatic heterocycles. The molecular formula is C19H22N2O6. The van der Waals surface area contributed by atoms with Gasteiger partial charge in [-0.15, -0.1) is 0 Å². The number of likely N-dealkylation sites (tertiary alicyclic amines) is 1. The van der Waals surface area contributed by atoms with E-state index in [1.54, 1.807) is 25.1 Å². The third-order valence-corrected chi connectivity index (χ3v) is 5.25. The van der Waals surface area contributed by atoms with E-state index in [2.05, 4.69) is 0 Å². The first-order valence-electron chi connectivity index (χ1n) is 9.25. The lowest BCUT2D eigenvalue weighted by atomic mass is 9.96. The minimum absolute atomic E-state index is 0.114. The zero-order chi connectivity index (χ0) is 19.0. The molecule has 2 amide bonds. The Morgan fingerprint density at radius 3 is 2.89 bits per heavy atom. The molecule has 0 N–H and O–H groups in total. The van der Waals surface area contributed by atoms with Gasteiger partial charge in [-0.2, -0.15) is 0 Å². The number of anilines is 1. The molecule has 1 aromatic carbocycles. The van der Waals surface area contributed by atoms with Gasteiger partial charge in [0.1, 0.15) is 0 Å². The van der Waals surface area contributed by atoms with Crippen molar-refractivity contribution in [2.75, 3.05) is 31.4 Å². The van der Waals surface area contributed by atoms with E-state index >= 15 is 0 Å². The van der Waals surface area contributed by atoms with Crippen LogP contribution in [0.3, 0.4) is 0 Å². The van der Waals surface area contributed by atoms with Crippen LogP contribution in [0, 0.1) is 5.92 Å². The molecule has 0 aromatic heterocycles. The minimum Gasteiger partial charge on any atom is -0.466 e. The molecule has 144 valence electrons. The van der Waals surface area contributed by atoms with Crippen LogP contribution in [0.2, 0.25) is 0 Å². The molecule has 2 atom stereocenters. The van der Waals surface area contributed by atoms with Gasteiger partial charge in [-0.05, 0) is 38.4 Å². The summed E-state index contributed by atoms with van der Waals surface area (Å²) in [5.41, 5.74) is 0.482. The second-order valence-corrected chi connectivity index (χ2v) is 6.91. The van der Waals surface area contributed by atoms with Gasteiger partial charge in [0.25, 0.3) is 5.91 Å². The maximum absolute atomic E-state index is 13.0. The lowest BCUT2D eigenvalue weighted by Crippen LogP contribution is -2.48. The van der Waals surface area contributed by atoms with E-state index in [0.29, 0.717) is 36.9 Å². The first-order chi connectivity index (χ1) is 13.1. The zero-order valence-corrected chi connectivity index (χ0v) is 15.2. The van der Waals surface area contributed by atoms with E-state index in [-0.39, 0.29) is 36.9 Å². The maximum Gasteiger partial charge on any atom is 0.310 e. The molecule has 0 unspecified atom stereocenters. The molecule has 0 aliphatic carbocycles. The molecule has 2 saturated heterocycles. The lowest BCUT2D eigenvalue weighted by molar-refractivity contribution is -0.150. The maximum atomic E-state index is 13.0. The van der Waals surface area contributed by atoms with Gasteiger partial charge < -0.3 is 14.2 Å². The van der Waals surface area contributed by atoms with Gasteiger partial charge >= 0.3 is 5.97 Å². The highest BCUT2D eigenvalue weighted by Crippen LogP contribution is 2.37. The number of nitrogens with zero attached hydrogens (tertiary/aromatic N) is 2. The zero-order valence-electron chi connectivity index (χ0n) is 15.2. The van der Waals surface area contributed by atoms with Crippen molar-refractivity contribution in [3.8, 4) is 11.5 Å². The molecule has 0 saturated carbocycles. The number of esters is 1. The van der Waals surface area contributed by atoms with Crippen molar-refractivity contribution in [2.45, 2.75) is 32.2 Å². The number of hydrogen-bond donors (Lipinski definition) is 0. The molecule has 3 aliphatic rings. The van der Waals surface area contributed by atoms with E-state index in [4.69, 9.17) is 14.2 Å². The van der Waals surface area contributed by atoms with Crippen LogP contribution in [0.5, 0.6) is 11.5 Å². The second-order valence-electron chi connectivity index (χ2n) is 6.91. The molecular weight excluding hydrogens is 352 g/mol. The van der Waals surface area contributed by atoms with Crippen molar-refractivity contribution >= 4 is 23.5 Å². The summed E-state index contributed by atoms with van der Waals surface area (Å²) in [5, 5.41) is 0. The second kappa shape index (κ2) is 7.19. The van der Waals surface area contributed by atoms with Gasteiger partial charge in [-0.25, -0.2) is 4.90 Å². The normalized spacial score (nSPS) is 25.1. The van der Waals surface area contributed by atoms with Crippen molar-refractivity contribution in [2.24, 2.45) is 5.92 Å². The molecule has 1 aromatic rings. The van der Waals surface area contributed by atoms with Crippen molar-refractivity contribution in [3.63, 3.8) is 0 Å². The molecule has 8 heteroatoms. The van der Waals surface area contributed by atoms with Gasteiger partial charge in [0.15, 0.2) is 11.5 Å². The highest BCUT2D eigenvalue weighted by Gasteiger charge is 2.44. The van der Waals surface area contributed by atoms with E-state index in [0.717, 1.165) is 12.8 Å². The summed E-state index contributed by atoms with van der Waals surface area (Å²) in [5.74, 6) is 0.137. The van der Waals surface area contributed by atoms with E-state index in [1.165, 1.54) is 4.90 Å². The largest absolute Gasteiger partial charge is 0.466 e. The van der Waals surface area contributed by atoms with Gasteiger partial charge in [0, 0.05) is 12.6 Å². The molecule has 27 heavy (non-hydrogen) atoms. The van der Waals surface area contributed by atoms with E-state index in [9.17, 15) is 14.4 Å². The Balaban J connectivity index is 1.50. The fraction of sp³-hybridized carbons (Fsp3) is 0.526. The minimum atomic E-state index is -0.542. The number of carbonyl (C=O) groups is 3. The van der Waals surface area contributed by atoms with Crippen LogP contribution >= 0.6 is 0 Å². The van der Waals surface area contributed by atoms with Crippen LogP contribution in [-0.2, 0) is 19.1 Å². The first-order valence-corrected chi connectivity index (χ1v) is 9.25. The number of imide groups is 1. The van der Waals surface area contributed by atoms with E-state index < -0.39 is 6.04 Å². The smallest absolute Gasteiger partial charge is 0.310 e. The third-order valence-electron chi connectivity index (χ3n) is 5.25. The Morgan fingerprint density at radius 2 is 2.07 bits per heavy atom. The van der Waals surface area contributed by atoms with Crippen LogP contribution in [0.1, 0.15) is 26.2 Å². The SMILES string of the molecule is CCOC(=O)[C@@H]1CCCN([C@H]2CC(=O)N(c3ccc4c(c3)OCO4)C2=O)C1. The number of carbonyl (C=O) groups excluding carboxylic acids is 3. The summed E-state index contributed by atoms with van der Waals surface area (Å²) in [6.07, 6.45) is 1.66. The van der Waals surface area contributed by atoms with Crippen molar-refractivity contribution in [1.29, 1.82) is 0 Å². The number of hydrogen-bond acceptors (Lipinski definition) is 7. The quantitative estimate of drug-likeness (QED) is 0.580. The fourth-order valence-electron chi connectivity index (χ4n) is 3.94. The topological polar surface area (TPSA) is 85.4 Å². The van der Waals surface area contributed by atoms with Gasteiger partial charge in [-0.3, -0.25) is 19.3 Å². The Morgan fingerprint density at radius 1 is 1.26 bits per heavy atom. The molecule has 0 spiro atoms. The summed E-state index contributed by atoms with van der Waals surface area (Å²) in [4.78, 5) is 40.8. The molecule has 3 heterocycles. The van der Waals surface area contributed by atoms with Crippen LogP contribution in [-0.4, -0.2) is 55.2 Å². The van der Waals surface area contributed by atoms with Gasteiger partial charge in [0.2, 0.25) is 12.7 Å². The molecule has 8 nitrogen and oxygen atoms in total. The Labute approximate surface area is 157 Å². The van der Waals surface area contributed by atoms with Crippen LogP contribution in [0.25, 0.3) is 0 Å². The molecule has 2 fully saturated rings. The number of rotatable bonds is 4. The van der Waals surface area contributed by atoms with Crippen molar-refractivity contribution in [1.82, 2.24) is 4.90 Å². The van der Waals surface area contributed by atoms with Gasteiger partial charge in [0.05, 0.1) is 30.7 Å². The number of amides is 2. The molecule has 0 bridgehead atoms. The Hall–Kier alpha value is -2.61. The summed E-state index contributed by atoms with van der Waals surface area (Å²) in [6.45, 7) is 3.38. The van der Waals surface area contributed by atoms with Crippen molar-refractivity contribution < 1.29 is 28.6 Å². The lowest BCUT2D eigenvalue weighted by Gasteiger charge is -2.34. The van der Waals surface area contributed by atoms with Gasteiger partial charge in [-0.1, -0.05) is 0 Å². The number of benzene rings is 1. The average Bonchev–Trinajstić information content (AvgIpc) is 3.25. The van der Waals surface area contributed by atoms with Crippen LogP contribution < -0.4 is 14.4 Å². The predicted octanol–water partition coefficient (Wildman–Crippen LogP) is 1.32. The number of piperidine rings is 1. The highest BCUT2D eigenvalue weighted by atomic mass is 16.7.